The van der Waals surface area contributed by atoms with E-state index in [0.717, 1.165) is 35.4 Å². The fourth-order valence-electron chi connectivity index (χ4n) is 3.23. The molecular formula is C18H25N3O2. The molecule has 23 heavy (non-hydrogen) atoms. The minimum absolute atomic E-state index is 0.00719. The summed E-state index contributed by atoms with van der Waals surface area (Å²) >= 11 is 0. The number of aliphatic hydroxyl groups is 1. The van der Waals surface area contributed by atoms with Gasteiger partial charge in [-0.2, -0.15) is 5.10 Å². The number of aryl methyl sites for hydroxylation is 2. The van der Waals surface area contributed by atoms with Gasteiger partial charge in [-0.05, 0) is 31.4 Å². The largest absolute Gasteiger partial charge is 0.387 e. The maximum absolute atomic E-state index is 10.5. The lowest BCUT2D eigenvalue weighted by molar-refractivity contribution is 0.0929. The topological polar surface area (TPSA) is 59.3 Å². The third-order valence-corrected chi connectivity index (χ3v) is 4.79. The summed E-state index contributed by atoms with van der Waals surface area (Å²) in [5, 5.41) is 18.2. The number of rotatable bonds is 5. The minimum Gasteiger partial charge on any atom is -0.387 e. The lowest BCUT2D eigenvalue weighted by atomic mass is 10.0. The first-order chi connectivity index (χ1) is 11.1. The number of nitrogens with zero attached hydrogens (tertiary/aromatic N) is 2. The van der Waals surface area contributed by atoms with Gasteiger partial charge in [0.2, 0.25) is 0 Å². The third kappa shape index (κ3) is 3.32. The van der Waals surface area contributed by atoms with E-state index in [1.807, 2.05) is 49.1 Å². The lowest BCUT2D eigenvalue weighted by Gasteiger charge is -2.22. The Morgan fingerprint density at radius 2 is 2.17 bits per heavy atom. The third-order valence-electron chi connectivity index (χ3n) is 4.79. The first kappa shape index (κ1) is 16.2. The molecule has 0 bridgehead atoms. The molecule has 124 valence electrons. The molecule has 3 atom stereocenters. The molecule has 1 aromatic heterocycles. The van der Waals surface area contributed by atoms with Crippen molar-refractivity contribution in [3.63, 3.8) is 0 Å². The fourth-order valence-corrected chi connectivity index (χ4v) is 3.23. The monoisotopic (exact) mass is 315 g/mol. The first-order valence-corrected chi connectivity index (χ1v) is 8.15. The van der Waals surface area contributed by atoms with Gasteiger partial charge < -0.3 is 15.2 Å². The Balaban J connectivity index is 1.65. The Morgan fingerprint density at radius 1 is 1.39 bits per heavy atom. The molecule has 1 aliphatic rings. The molecule has 1 aromatic carbocycles. The van der Waals surface area contributed by atoms with Crippen molar-refractivity contribution >= 4 is 0 Å². The van der Waals surface area contributed by atoms with Gasteiger partial charge in [-0.1, -0.05) is 24.3 Å². The van der Waals surface area contributed by atoms with Crippen molar-refractivity contribution in [2.75, 3.05) is 13.2 Å². The minimum atomic E-state index is -0.507. The molecule has 1 saturated heterocycles. The van der Waals surface area contributed by atoms with Crippen molar-refractivity contribution in [3.8, 4) is 0 Å². The number of benzene rings is 1. The summed E-state index contributed by atoms with van der Waals surface area (Å²) in [6, 6.07) is 8.17. The van der Waals surface area contributed by atoms with E-state index < -0.39 is 6.10 Å². The van der Waals surface area contributed by atoms with Crippen LogP contribution in [-0.2, 0) is 11.8 Å². The highest BCUT2D eigenvalue weighted by Gasteiger charge is 2.32. The molecule has 0 saturated carbocycles. The Kier molecular flexibility index (Phi) is 4.80. The maximum atomic E-state index is 10.5. The molecular weight excluding hydrogens is 290 g/mol. The van der Waals surface area contributed by atoms with Gasteiger partial charge in [0.1, 0.15) is 6.10 Å². The van der Waals surface area contributed by atoms with Crippen molar-refractivity contribution in [1.29, 1.82) is 0 Å². The smallest absolute Gasteiger partial charge is 0.101 e. The molecule has 0 radical (unpaired) electrons. The predicted octanol–water partition coefficient (Wildman–Crippen LogP) is 2.19. The maximum Gasteiger partial charge on any atom is 0.101 e. The van der Waals surface area contributed by atoms with Crippen LogP contribution in [0.4, 0.5) is 0 Å². The van der Waals surface area contributed by atoms with E-state index in [2.05, 4.69) is 17.3 Å². The summed E-state index contributed by atoms with van der Waals surface area (Å²) in [4.78, 5) is 0. The summed E-state index contributed by atoms with van der Waals surface area (Å²) in [7, 11) is 1.94. The molecule has 0 amide bonds. The number of hydrogen-bond donors (Lipinski definition) is 2. The van der Waals surface area contributed by atoms with Crippen LogP contribution in [0.25, 0.3) is 0 Å². The van der Waals surface area contributed by atoms with Crippen molar-refractivity contribution in [2.24, 2.45) is 7.05 Å². The Hall–Kier alpha value is -1.69. The van der Waals surface area contributed by atoms with E-state index in [-0.39, 0.29) is 12.1 Å². The van der Waals surface area contributed by atoms with E-state index in [9.17, 15) is 5.11 Å². The predicted molar refractivity (Wildman–Crippen MR) is 89.2 cm³/mol. The van der Waals surface area contributed by atoms with Crippen LogP contribution in [0.3, 0.4) is 0 Å². The Morgan fingerprint density at radius 3 is 2.87 bits per heavy atom. The van der Waals surface area contributed by atoms with Crippen LogP contribution in [-0.4, -0.2) is 34.1 Å². The second-order valence-corrected chi connectivity index (χ2v) is 6.28. The van der Waals surface area contributed by atoms with Gasteiger partial charge in [0, 0.05) is 37.5 Å². The average Bonchev–Trinajstić information content (AvgIpc) is 3.13. The van der Waals surface area contributed by atoms with Crippen molar-refractivity contribution in [3.05, 3.63) is 52.8 Å². The second-order valence-electron chi connectivity index (χ2n) is 6.28. The molecule has 5 nitrogen and oxygen atoms in total. The van der Waals surface area contributed by atoms with Gasteiger partial charge in [-0.15, -0.1) is 0 Å². The summed E-state index contributed by atoms with van der Waals surface area (Å²) in [6.07, 6.45) is 2.33. The number of aromatic nitrogens is 2. The molecule has 2 N–H and O–H groups in total. The highest BCUT2D eigenvalue weighted by molar-refractivity contribution is 5.28. The van der Waals surface area contributed by atoms with Gasteiger partial charge >= 0.3 is 0 Å². The molecule has 1 unspecified atom stereocenters. The van der Waals surface area contributed by atoms with Crippen LogP contribution in [0.2, 0.25) is 0 Å². The van der Waals surface area contributed by atoms with Gasteiger partial charge in [0.25, 0.3) is 0 Å². The van der Waals surface area contributed by atoms with Crippen LogP contribution in [0.1, 0.15) is 41.0 Å². The standard InChI is InChI=1S/C18H25N3O2/c1-12-6-4-5-7-14(12)17(22)11-19-16-8-9-23-18(16)15-10-20-21(3)13(15)2/h4-7,10,16-19,22H,8-9,11H2,1-3H3/t16-,17?,18+/m0/s1. The average molecular weight is 315 g/mol. The second kappa shape index (κ2) is 6.83. The normalized spacial score (nSPS) is 22.4. The van der Waals surface area contributed by atoms with Crippen molar-refractivity contribution in [1.82, 2.24) is 15.1 Å². The van der Waals surface area contributed by atoms with Gasteiger partial charge in [-0.25, -0.2) is 0 Å². The van der Waals surface area contributed by atoms with E-state index in [0.29, 0.717) is 6.54 Å². The molecule has 0 spiro atoms. The molecule has 2 aromatic rings. The first-order valence-electron chi connectivity index (χ1n) is 8.15. The van der Waals surface area contributed by atoms with E-state index >= 15 is 0 Å². The summed E-state index contributed by atoms with van der Waals surface area (Å²) < 4.78 is 7.78. The number of ether oxygens (including phenoxy) is 1. The SMILES string of the molecule is Cc1ccccc1C(O)CN[C@H]1CCO[C@@H]1c1cnn(C)c1C. The highest BCUT2D eigenvalue weighted by atomic mass is 16.5. The number of hydrogen-bond acceptors (Lipinski definition) is 4. The summed E-state index contributed by atoms with van der Waals surface area (Å²) in [6.45, 7) is 5.34. The van der Waals surface area contributed by atoms with Crippen LogP contribution in [0.5, 0.6) is 0 Å². The fraction of sp³-hybridized carbons (Fsp3) is 0.500. The molecule has 1 aliphatic heterocycles. The zero-order valence-electron chi connectivity index (χ0n) is 14.0. The molecule has 3 rings (SSSR count). The highest BCUT2D eigenvalue weighted by Crippen LogP contribution is 2.31. The van der Waals surface area contributed by atoms with Crippen molar-refractivity contribution in [2.45, 2.75) is 38.5 Å². The molecule has 2 heterocycles. The number of nitrogens with one attached hydrogen (secondary N) is 1. The van der Waals surface area contributed by atoms with Crippen LogP contribution < -0.4 is 5.32 Å². The summed E-state index contributed by atoms with van der Waals surface area (Å²) in [5.41, 5.74) is 4.35. The number of aliphatic hydroxyl groups excluding tert-OH is 1. The zero-order valence-corrected chi connectivity index (χ0v) is 14.0. The summed E-state index contributed by atoms with van der Waals surface area (Å²) in [5.74, 6) is 0. The lowest BCUT2D eigenvalue weighted by Crippen LogP contribution is -2.35. The Bertz CT molecular complexity index is 668. The van der Waals surface area contributed by atoms with Crippen LogP contribution in [0.15, 0.2) is 30.5 Å². The van der Waals surface area contributed by atoms with Crippen molar-refractivity contribution < 1.29 is 9.84 Å². The van der Waals surface area contributed by atoms with Crippen LogP contribution in [0, 0.1) is 13.8 Å². The molecule has 0 aliphatic carbocycles. The molecule has 1 fully saturated rings. The zero-order chi connectivity index (χ0) is 16.4. The van der Waals surface area contributed by atoms with E-state index in [4.69, 9.17) is 4.74 Å². The van der Waals surface area contributed by atoms with Crippen LogP contribution >= 0.6 is 0 Å². The van der Waals surface area contributed by atoms with Gasteiger partial charge in [-0.3, -0.25) is 4.68 Å². The molecule has 5 heteroatoms. The van der Waals surface area contributed by atoms with E-state index in [1.165, 1.54) is 0 Å². The Labute approximate surface area is 137 Å². The van der Waals surface area contributed by atoms with Gasteiger partial charge in [0.15, 0.2) is 0 Å². The van der Waals surface area contributed by atoms with Gasteiger partial charge in [0.05, 0.1) is 12.3 Å². The quantitative estimate of drug-likeness (QED) is 0.888. The van der Waals surface area contributed by atoms with E-state index in [1.54, 1.807) is 0 Å².